The topological polar surface area (TPSA) is 55.2 Å². The van der Waals surface area contributed by atoms with Crippen LogP contribution in [0.15, 0.2) is 24.5 Å². The Balaban J connectivity index is 2.11. The summed E-state index contributed by atoms with van der Waals surface area (Å²) in [6.45, 7) is 0.168. The van der Waals surface area contributed by atoms with E-state index in [9.17, 15) is 9.59 Å². The molecule has 0 unspecified atom stereocenters. The number of carbonyl (C=O) groups is 2. The van der Waals surface area contributed by atoms with Crippen molar-refractivity contribution in [3.8, 4) is 0 Å². The highest BCUT2D eigenvalue weighted by molar-refractivity contribution is 6.56. The predicted octanol–water partition coefficient (Wildman–Crippen LogP) is 2.46. The monoisotopic (exact) mass is 309 g/mol. The molecule has 0 spiro atoms. The smallest absolute Gasteiger partial charge is 0.300 e. The third-order valence-electron chi connectivity index (χ3n) is 3.23. The number of carbonyl (C=O) groups excluding carboxylic acids is 2. The van der Waals surface area contributed by atoms with Gasteiger partial charge < -0.3 is 4.57 Å². The molecule has 0 fully saturated rings. The zero-order valence-electron chi connectivity index (χ0n) is 10.4. The highest BCUT2D eigenvalue weighted by Crippen LogP contribution is 2.40. The SMILES string of the molecule is Cn1ccnc1CN1C(=O)C(=O)c2c(Cl)ccc(Cl)c21. The van der Waals surface area contributed by atoms with Crippen molar-refractivity contribution in [2.45, 2.75) is 6.54 Å². The van der Waals surface area contributed by atoms with Crippen LogP contribution >= 0.6 is 23.2 Å². The molecule has 0 saturated heterocycles. The number of benzene rings is 1. The average molecular weight is 310 g/mol. The minimum absolute atomic E-state index is 0.165. The fourth-order valence-electron chi connectivity index (χ4n) is 2.19. The first-order valence-electron chi connectivity index (χ1n) is 5.81. The highest BCUT2D eigenvalue weighted by atomic mass is 35.5. The van der Waals surface area contributed by atoms with Gasteiger partial charge in [-0.25, -0.2) is 4.98 Å². The molecule has 0 radical (unpaired) electrons. The van der Waals surface area contributed by atoms with Crippen LogP contribution in [-0.4, -0.2) is 21.2 Å². The Bertz CT molecular complexity index is 739. The summed E-state index contributed by atoms with van der Waals surface area (Å²) in [5.74, 6) is -0.630. The molecule has 1 aromatic heterocycles. The van der Waals surface area contributed by atoms with Crippen LogP contribution in [0.2, 0.25) is 10.0 Å². The van der Waals surface area contributed by atoms with Crippen LogP contribution in [0.5, 0.6) is 0 Å². The van der Waals surface area contributed by atoms with Gasteiger partial charge in [-0.1, -0.05) is 23.2 Å². The maximum Gasteiger partial charge on any atom is 0.300 e. The highest BCUT2D eigenvalue weighted by Gasteiger charge is 2.39. The first kappa shape index (κ1) is 13.1. The number of aromatic nitrogens is 2. The summed E-state index contributed by atoms with van der Waals surface area (Å²) in [4.78, 5) is 29.6. The van der Waals surface area contributed by atoms with Gasteiger partial charge in [-0.3, -0.25) is 14.5 Å². The Morgan fingerprint density at radius 3 is 2.55 bits per heavy atom. The van der Waals surface area contributed by atoms with E-state index in [4.69, 9.17) is 23.2 Å². The molecule has 0 bridgehead atoms. The Morgan fingerprint density at radius 2 is 1.90 bits per heavy atom. The van der Waals surface area contributed by atoms with Gasteiger partial charge in [-0.2, -0.15) is 0 Å². The van der Waals surface area contributed by atoms with E-state index in [1.54, 1.807) is 23.0 Å². The number of anilines is 1. The fraction of sp³-hybridized carbons (Fsp3) is 0.154. The summed E-state index contributed by atoms with van der Waals surface area (Å²) in [6, 6.07) is 3.08. The number of amides is 1. The molecule has 1 aromatic carbocycles. The molecule has 3 rings (SSSR count). The molecule has 1 amide bonds. The zero-order chi connectivity index (χ0) is 14.4. The van der Waals surface area contributed by atoms with Gasteiger partial charge in [-0.15, -0.1) is 0 Å². The number of nitrogens with zero attached hydrogens (tertiary/aromatic N) is 3. The second kappa shape index (κ2) is 4.61. The average Bonchev–Trinajstić information content (AvgIpc) is 2.92. The van der Waals surface area contributed by atoms with Gasteiger partial charge in [0.1, 0.15) is 5.82 Å². The summed E-state index contributed by atoms with van der Waals surface area (Å²) in [7, 11) is 1.81. The number of halogens is 2. The van der Waals surface area contributed by atoms with E-state index in [1.165, 1.54) is 11.0 Å². The van der Waals surface area contributed by atoms with Crippen LogP contribution in [0.4, 0.5) is 5.69 Å². The molecule has 2 aromatic rings. The molecule has 0 atom stereocenters. The number of imidazole rings is 1. The maximum atomic E-state index is 12.1. The molecule has 5 nitrogen and oxygen atoms in total. The van der Waals surface area contributed by atoms with Crippen molar-refractivity contribution in [2.75, 3.05) is 4.90 Å². The van der Waals surface area contributed by atoms with E-state index >= 15 is 0 Å². The molecule has 0 aliphatic carbocycles. The second-order valence-electron chi connectivity index (χ2n) is 4.43. The molecule has 20 heavy (non-hydrogen) atoms. The van der Waals surface area contributed by atoms with E-state index in [0.717, 1.165) is 0 Å². The zero-order valence-corrected chi connectivity index (χ0v) is 11.9. The van der Waals surface area contributed by atoms with Crippen molar-refractivity contribution in [3.63, 3.8) is 0 Å². The van der Waals surface area contributed by atoms with E-state index < -0.39 is 11.7 Å². The number of ketones is 1. The van der Waals surface area contributed by atoms with E-state index in [1.807, 2.05) is 7.05 Å². The largest absolute Gasteiger partial charge is 0.337 e. The molecule has 1 aliphatic heterocycles. The summed E-state index contributed by atoms with van der Waals surface area (Å²) >= 11 is 12.1. The minimum atomic E-state index is -0.641. The molecular formula is C13H9Cl2N3O2. The van der Waals surface area contributed by atoms with Crippen molar-refractivity contribution in [1.82, 2.24) is 9.55 Å². The van der Waals surface area contributed by atoms with Gasteiger partial charge in [-0.05, 0) is 12.1 Å². The van der Waals surface area contributed by atoms with Crippen molar-refractivity contribution >= 4 is 40.6 Å². The number of rotatable bonds is 2. The number of aryl methyl sites for hydroxylation is 1. The Hall–Kier alpha value is -1.85. The third kappa shape index (κ3) is 1.82. The number of hydrogen-bond donors (Lipinski definition) is 0. The van der Waals surface area contributed by atoms with Crippen LogP contribution in [0, 0.1) is 0 Å². The van der Waals surface area contributed by atoms with Crippen LogP contribution in [-0.2, 0) is 18.4 Å². The second-order valence-corrected chi connectivity index (χ2v) is 5.24. The molecule has 2 heterocycles. The van der Waals surface area contributed by atoms with Gasteiger partial charge in [0.25, 0.3) is 11.7 Å². The van der Waals surface area contributed by atoms with Crippen molar-refractivity contribution in [3.05, 3.63) is 46.0 Å². The van der Waals surface area contributed by atoms with Gasteiger partial charge in [0.15, 0.2) is 0 Å². The van der Waals surface area contributed by atoms with E-state index in [-0.39, 0.29) is 17.1 Å². The number of hydrogen-bond acceptors (Lipinski definition) is 3. The lowest BCUT2D eigenvalue weighted by Gasteiger charge is -2.17. The summed E-state index contributed by atoms with van der Waals surface area (Å²) in [6.07, 6.45) is 3.39. The lowest BCUT2D eigenvalue weighted by Crippen LogP contribution is -2.30. The van der Waals surface area contributed by atoms with Crippen molar-refractivity contribution in [1.29, 1.82) is 0 Å². The maximum absolute atomic E-state index is 12.1. The number of Topliss-reactive ketones (excluding diaryl/α,β-unsaturated/α-hetero) is 1. The first-order chi connectivity index (χ1) is 9.50. The lowest BCUT2D eigenvalue weighted by atomic mass is 10.1. The molecule has 0 N–H and O–H groups in total. The van der Waals surface area contributed by atoms with Crippen LogP contribution in [0.1, 0.15) is 16.2 Å². The number of fused-ring (bicyclic) bond motifs is 1. The van der Waals surface area contributed by atoms with Crippen LogP contribution < -0.4 is 4.90 Å². The molecule has 7 heteroatoms. The summed E-state index contributed by atoms with van der Waals surface area (Å²) in [5.41, 5.74) is 0.524. The Morgan fingerprint density at radius 1 is 1.20 bits per heavy atom. The fourth-order valence-corrected chi connectivity index (χ4v) is 2.69. The summed E-state index contributed by atoms with van der Waals surface area (Å²) < 4.78 is 1.77. The van der Waals surface area contributed by atoms with Crippen LogP contribution in [0.3, 0.4) is 0 Å². The minimum Gasteiger partial charge on any atom is -0.337 e. The van der Waals surface area contributed by atoms with Gasteiger partial charge in [0, 0.05) is 19.4 Å². The normalized spacial score (nSPS) is 14.1. The summed E-state index contributed by atoms with van der Waals surface area (Å²) in [5, 5.41) is 0.544. The predicted molar refractivity (Wildman–Crippen MR) is 75.2 cm³/mol. The Kier molecular flexibility index (Phi) is 3.03. The van der Waals surface area contributed by atoms with Crippen molar-refractivity contribution in [2.24, 2.45) is 7.05 Å². The van der Waals surface area contributed by atoms with Gasteiger partial charge >= 0.3 is 0 Å². The third-order valence-corrected chi connectivity index (χ3v) is 3.85. The molecule has 102 valence electrons. The van der Waals surface area contributed by atoms with Crippen LogP contribution in [0.25, 0.3) is 0 Å². The molecular weight excluding hydrogens is 301 g/mol. The quantitative estimate of drug-likeness (QED) is 0.801. The molecule has 1 aliphatic rings. The van der Waals surface area contributed by atoms with Gasteiger partial charge in [0.05, 0.1) is 27.8 Å². The van der Waals surface area contributed by atoms with E-state index in [2.05, 4.69) is 4.98 Å². The first-order valence-corrected chi connectivity index (χ1v) is 6.56. The van der Waals surface area contributed by atoms with Crippen molar-refractivity contribution < 1.29 is 9.59 Å². The van der Waals surface area contributed by atoms with Gasteiger partial charge in [0.2, 0.25) is 0 Å². The molecule has 0 saturated carbocycles. The van der Waals surface area contributed by atoms with E-state index in [0.29, 0.717) is 16.5 Å². The standard InChI is InChI=1S/C13H9Cl2N3O2/c1-17-5-4-16-9(17)6-18-11-8(15)3-2-7(14)10(11)12(19)13(18)20/h2-5H,6H2,1H3. The Labute approximate surface area is 124 Å². The lowest BCUT2D eigenvalue weighted by molar-refractivity contribution is -0.114.